The van der Waals surface area contributed by atoms with Crippen LogP contribution in [0.15, 0.2) is 18.2 Å². The first-order chi connectivity index (χ1) is 7.60. The fraction of sp³-hybridized carbons (Fsp3) is 0.250. The van der Waals surface area contributed by atoms with Gasteiger partial charge >= 0.3 is 5.97 Å². The second-order valence-corrected chi connectivity index (χ2v) is 3.32. The molecule has 0 aromatic heterocycles. The van der Waals surface area contributed by atoms with Gasteiger partial charge in [-0.25, -0.2) is 4.79 Å². The number of carbonyl (C=O) groups excluding carboxylic acids is 2. The number of rotatable bonds is 3. The lowest BCUT2D eigenvalue weighted by atomic mass is 9.98. The molecule has 1 aromatic rings. The molecule has 0 heterocycles. The number of benzene rings is 1. The summed E-state index contributed by atoms with van der Waals surface area (Å²) in [5.41, 5.74) is 0.964. The largest absolute Gasteiger partial charge is 0.465 e. The zero-order valence-electron chi connectivity index (χ0n) is 9.11. The highest BCUT2D eigenvalue weighted by molar-refractivity contribution is 5.93. The number of nitriles is 1. The highest BCUT2D eigenvalue weighted by Gasteiger charge is 2.15. The fourth-order valence-electron chi connectivity index (χ4n) is 1.43. The molecule has 16 heavy (non-hydrogen) atoms. The van der Waals surface area contributed by atoms with E-state index >= 15 is 0 Å². The predicted octanol–water partition coefficient (Wildman–Crippen LogP) is 1.48. The van der Waals surface area contributed by atoms with Gasteiger partial charge in [0.25, 0.3) is 0 Å². The highest BCUT2D eigenvalue weighted by atomic mass is 16.5. The minimum absolute atomic E-state index is 0.0569. The van der Waals surface area contributed by atoms with Crippen molar-refractivity contribution >= 4 is 11.8 Å². The number of hydrogen-bond donors (Lipinski definition) is 0. The van der Waals surface area contributed by atoms with E-state index in [2.05, 4.69) is 4.74 Å². The Balaban J connectivity index is 3.27. The molecule has 82 valence electrons. The highest BCUT2D eigenvalue weighted by Crippen LogP contribution is 2.15. The summed E-state index contributed by atoms with van der Waals surface area (Å²) in [7, 11) is 1.25. The lowest BCUT2D eigenvalue weighted by Gasteiger charge is -2.06. The second kappa shape index (κ2) is 5.08. The Morgan fingerprint density at radius 3 is 2.62 bits per heavy atom. The number of ketones is 1. The van der Waals surface area contributed by atoms with Gasteiger partial charge in [-0.3, -0.25) is 4.79 Å². The molecule has 0 N–H and O–H groups in total. The molecule has 0 radical (unpaired) electrons. The van der Waals surface area contributed by atoms with Gasteiger partial charge in [-0.2, -0.15) is 5.26 Å². The summed E-state index contributed by atoms with van der Waals surface area (Å²) in [5, 5.41) is 8.99. The van der Waals surface area contributed by atoms with Crippen LogP contribution in [0.5, 0.6) is 0 Å². The van der Waals surface area contributed by atoms with E-state index in [1.54, 1.807) is 12.1 Å². The molecule has 1 rings (SSSR count). The molecule has 0 aliphatic heterocycles. The zero-order chi connectivity index (χ0) is 12.1. The lowest BCUT2D eigenvalue weighted by Crippen LogP contribution is -2.08. The minimum atomic E-state index is -0.568. The quantitative estimate of drug-likeness (QED) is 0.719. The zero-order valence-corrected chi connectivity index (χ0v) is 9.11. The van der Waals surface area contributed by atoms with Crippen LogP contribution in [0.1, 0.15) is 28.4 Å². The van der Waals surface area contributed by atoms with E-state index in [1.165, 1.54) is 20.1 Å². The average Bonchev–Trinajstić information content (AvgIpc) is 2.27. The Labute approximate surface area is 93.5 Å². The van der Waals surface area contributed by atoms with Crippen molar-refractivity contribution in [3.8, 4) is 6.07 Å². The van der Waals surface area contributed by atoms with Gasteiger partial charge in [-0.05, 0) is 18.6 Å². The summed E-state index contributed by atoms with van der Waals surface area (Å²) in [5.74, 6) is -0.625. The maximum Gasteiger partial charge on any atom is 0.339 e. The maximum absolute atomic E-state index is 11.4. The van der Waals surface area contributed by atoms with Crippen LogP contribution in [0.25, 0.3) is 0 Å². The number of nitrogens with zero attached hydrogens (tertiary/aromatic N) is 1. The molecule has 4 heteroatoms. The van der Waals surface area contributed by atoms with Crippen molar-refractivity contribution in [2.45, 2.75) is 13.3 Å². The summed E-state index contributed by atoms with van der Waals surface area (Å²) < 4.78 is 4.56. The van der Waals surface area contributed by atoms with Crippen LogP contribution in [-0.4, -0.2) is 18.9 Å². The molecule has 0 aliphatic rings. The number of carbonyl (C=O) groups is 2. The Morgan fingerprint density at radius 1 is 1.44 bits per heavy atom. The number of methoxy groups -OCH3 is 1. The predicted molar refractivity (Wildman–Crippen MR) is 56.9 cm³/mol. The van der Waals surface area contributed by atoms with Gasteiger partial charge in [0.15, 0.2) is 0 Å². The van der Waals surface area contributed by atoms with Gasteiger partial charge in [0.2, 0.25) is 0 Å². The minimum Gasteiger partial charge on any atom is -0.465 e. The molecule has 0 bridgehead atoms. The molecular formula is C12H11NO3. The third kappa shape index (κ3) is 2.45. The van der Waals surface area contributed by atoms with E-state index in [9.17, 15) is 9.59 Å². The van der Waals surface area contributed by atoms with Gasteiger partial charge < -0.3 is 4.74 Å². The third-order valence-corrected chi connectivity index (χ3v) is 2.11. The Bertz CT molecular complexity index is 472. The summed E-state index contributed by atoms with van der Waals surface area (Å²) >= 11 is 0. The van der Waals surface area contributed by atoms with Crippen LogP contribution < -0.4 is 0 Å². The van der Waals surface area contributed by atoms with Crippen molar-refractivity contribution in [2.75, 3.05) is 7.11 Å². The van der Waals surface area contributed by atoms with Gasteiger partial charge in [0.1, 0.15) is 11.9 Å². The summed E-state index contributed by atoms with van der Waals surface area (Å²) in [6, 6.07) is 6.73. The van der Waals surface area contributed by atoms with Gasteiger partial charge in [-0.15, -0.1) is 0 Å². The molecule has 0 amide bonds. The number of hydrogen-bond acceptors (Lipinski definition) is 4. The van der Waals surface area contributed by atoms with Crippen molar-refractivity contribution in [1.29, 1.82) is 5.26 Å². The molecular weight excluding hydrogens is 206 g/mol. The third-order valence-electron chi connectivity index (χ3n) is 2.11. The lowest BCUT2D eigenvalue weighted by molar-refractivity contribution is -0.116. The smallest absolute Gasteiger partial charge is 0.339 e. The van der Waals surface area contributed by atoms with Crippen molar-refractivity contribution in [1.82, 2.24) is 0 Å². The topological polar surface area (TPSA) is 67.2 Å². The van der Waals surface area contributed by atoms with Crippen LogP contribution >= 0.6 is 0 Å². The summed E-state index contributed by atoms with van der Waals surface area (Å²) in [6.45, 7) is 1.44. The van der Waals surface area contributed by atoms with E-state index in [4.69, 9.17) is 5.26 Å². The summed E-state index contributed by atoms with van der Waals surface area (Å²) in [6.07, 6.45) is 0.147. The first-order valence-electron chi connectivity index (χ1n) is 4.70. The summed E-state index contributed by atoms with van der Waals surface area (Å²) in [4.78, 5) is 22.4. The van der Waals surface area contributed by atoms with Gasteiger partial charge in [0.05, 0.1) is 18.2 Å². The van der Waals surface area contributed by atoms with Crippen molar-refractivity contribution in [3.63, 3.8) is 0 Å². The Kier molecular flexibility index (Phi) is 3.78. The van der Waals surface area contributed by atoms with E-state index in [1.807, 2.05) is 6.07 Å². The SMILES string of the molecule is COC(=O)c1cccc(CC(C)=O)c1C#N. The average molecular weight is 217 g/mol. The first-order valence-corrected chi connectivity index (χ1v) is 4.70. The van der Waals surface area contributed by atoms with E-state index in [0.29, 0.717) is 5.56 Å². The number of esters is 1. The van der Waals surface area contributed by atoms with Gasteiger partial charge in [0, 0.05) is 6.42 Å². The molecule has 0 spiro atoms. The van der Waals surface area contributed by atoms with Crippen LogP contribution in [0.4, 0.5) is 0 Å². The molecule has 4 nitrogen and oxygen atoms in total. The molecule has 0 saturated heterocycles. The maximum atomic E-state index is 11.4. The van der Waals surface area contributed by atoms with E-state index < -0.39 is 5.97 Å². The normalized spacial score (nSPS) is 9.31. The Hall–Kier alpha value is -2.15. The molecule has 0 unspecified atom stereocenters. The first kappa shape index (κ1) is 11.9. The molecule has 0 atom stereocenters. The molecule has 0 fully saturated rings. The number of Topliss-reactive ketones (excluding diaryl/α,β-unsaturated/α-hetero) is 1. The van der Waals surface area contributed by atoms with Crippen LogP contribution in [0, 0.1) is 11.3 Å². The van der Waals surface area contributed by atoms with Crippen LogP contribution in [0.3, 0.4) is 0 Å². The van der Waals surface area contributed by atoms with Gasteiger partial charge in [-0.1, -0.05) is 12.1 Å². The molecule has 0 saturated carbocycles. The van der Waals surface area contributed by atoms with Crippen LogP contribution in [-0.2, 0) is 16.0 Å². The molecule has 0 aliphatic carbocycles. The second-order valence-electron chi connectivity index (χ2n) is 3.32. The fourth-order valence-corrected chi connectivity index (χ4v) is 1.43. The molecule has 1 aromatic carbocycles. The van der Waals surface area contributed by atoms with Crippen molar-refractivity contribution in [2.24, 2.45) is 0 Å². The van der Waals surface area contributed by atoms with Crippen LogP contribution in [0.2, 0.25) is 0 Å². The van der Waals surface area contributed by atoms with E-state index in [0.717, 1.165) is 0 Å². The van der Waals surface area contributed by atoms with Crippen molar-refractivity contribution in [3.05, 3.63) is 34.9 Å². The van der Waals surface area contributed by atoms with Crippen molar-refractivity contribution < 1.29 is 14.3 Å². The Morgan fingerprint density at radius 2 is 2.12 bits per heavy atom. The standard InChI is InChI=1S/C12H11NO3/c1-8(14)6-9-4-3-5-10(11(9)7-13)12(15)16-2/h3-5H,6H2,1-2H3. The van der Waals surface area contributed by atoms with E-state index in [-0.39, 0.29) is 23.3 Å². The number of ether oxygens (including phenoxy) is 1. The monoisotopic (exact) mass is 217 g/mol.